The SMILES string of the molecule is CNC1CCC(C)(C)CC1CN1CCC2CCCCC21. The van der Waals surface area contributed by atoms with Gasteiger partial charge in [-0.1, -0.05) is 26.7 Å². The predicted octanol–water partition coefficient (Wildman–Crippen LogP) is 3.67. The van der Waals surface area contributed by atoms with Crippen LogP contribution >= 0.6 is 0 Å². The van der Waals surface area contributed by atoms with E-state index in [1.807, 2.05) is 0 Å². The second-order valence-corrected chi connectivity index (χ2v) is 8.46. The van der Waals surface area contributed by atoms with Crippen molar-refractivity contribution >= 4 is 0 Å². The van der Waals surface area contributed by atoms with Gasteiger partial charge >= 0.3 is 0 Å². The van der Waals surface area contributed by atoms with Crippen molar-refractivity contribution in [1.29, 1.82) is 0 Å². The number of nitrogens with one attached hydrogen (secondary N) is 1. The first-order valence-electron chi connectivity index (χ1n) is 9.00. The average Bonchev–Trinajstić information content (AvgIpc) is 2.82. The summed E-state index contributed by atoms with van der Waals surface area (Å²) in [5.74, 6) is 1.90. The molecule has 0 aromatic rings. The highest BCUT2D eigenvalue weighted by atomic mass is 15.2. The fourth-order valence-corrected chi connectivity index (χ4v) is 5.34. The van der Waals surface area contributed by atoms with Crippen molar-refractivity contribution in [2.24, 2.45) is 17.3 Å². The van der Waals surface area contributed by atoms with Gasteiger partial charge in [-0.2, -0.15) is 0 Å². The fraction of sp³-hybridized carbons (Fsp3) is 1.00. The molecule has 1 heterocycles. The van der Waals surface area contributed by atoms with Crippen LogP contribution < -0.4 is 5.32 Å². The summed E-state index contributed by atoms with van der Waals surface area (Å²) in [7, 11) is 2.17. The van der Waals surface area contributed by atoms with Crippen LogP contribution in [0.4, 0.5) is 0 Å². The molecule has 1 aliphatic heterocycles. The molecule has 3 rings (SSSR count). The lowest BCUT2D eigenvalue weighted by atomic mass is 9.69. The molecule has 0 amide bonds. The molecule has 0 spiro atoms. The third-order valence-corrected chi connectivity index (χ3v) is 6.48. The van der Waals surface area contributed by atoms with E-state index in [0.717, 1.165) is 23.9 Å². The zero-order valence-corrected chi connectivity index (χ0v) is 13.8. The van der Waals surface area contributed by atoms with Crippen LogP contribution in [-0.2, 0) is 0 Å². The van der Waals surface area contributed by atoms with Crippen LogP contribution in [0.5, 0.6) is 0 Å². The first-order chi connectivity index (χ1) is 9.59. The number of hydrogen-bond acceptors (Lipinski definition) is 2. The van der Waals surface area contributed by atoms with Gasteiger partial charge in [0.25, 0.3) is 0 Å². The maximum Gasteiger partial charge on any atom is 0.0124 e. The Labute approximate surface area is 125 Å². The highest BCUT2D eigenvalue weighted by Crippen LogP contribution is 2.41. The van der Waals surface area contributed by atoms with E-state index in [0.29, 0.717) is 5.41 Å². The number of nitrogens with zero attached hydrogens (tertiary/aromatic N) is 1. The number of fused-ring (bicyclic) bond motifs is 1. The Morgan fingerprint density at radius 1 is 1.10 bits per heavy atom. The zero-order chi connectivity index (χ0) is 14.2. The fourth-order valence-electron chi connectivity index (χ4n) is 5.34. The van der Waals surface area contributed by atoms with Crippen molar-refractivity contribution < 1.29 is 0 Å². The molecular formula is C18H34N2. The highest BCUT2D eigenvalue weighted by molar-refractivity contribution is 4.94. The molecule has 20 heavy (non-hydrogen) atoms. The van der Waals surface area contributed by atoms with Gasteiger partial charge in [0.1, 0.15) is 0 Å². The molecule has 2 aliphatic carbocycles. The molecule has 1 saturated heterocycles. The van der Waals surface area contributed by atoms with E-state index in [9.17, 15) is 0 Å². The minimum Gasteiger partial charge on any atom is -0.317 e. The minimum absolute atomic E-state index is 0.559. The van der Waals surface area contributed by atoms with Crippen molar-refractivity contribution in [2.75, 3.05) is 20.1 Å². The van der Waals surface area contributed by atoms with E-state index in [1.165, 1.54) is 64.5 Å². The smallest absolute Gasteiger partial charge is 0.0124 e. The zero-order valence-electron chi connectivity index (χ0n) is 13.8. The van der Waals surface area contributed by atoms with E-state index in [2.05, 4.69) is 31.1 Å². The molecule has 2 nitrogen and oxygen atoms in total. The molecular weight excluding hydrogens is 244 g/mol. The van der Waals surface area contributed by atoms with Gasteiger partial charge in [-0.3, -0.25) is 4.90 Å². The quantitative estimate of drug-likeness (QED) is 0.847. The molecule has 0 radical (unpaired) electrons. The summed E-state index contributed by atoms with van der Waals surface area (Å²) in [6, 6.07) is 1.69. The number of hydrogen-bond donors (Lipinski definition) is 1. The molecule has 2 saturated carbocycles. The molecule has 116 valence electrons. The minimum atomic E-state index is 0.559. The summed E-state index contributed by atoms with van der Waals surface area (Å²) in [6.07, 6.45) is 11.6. The first kappa shape index (κ1) is 14.8. The van der Waals surface area contributed by atoms with Crippen molar-refractivity contribution in [3.8, 4) is 0 Å². The number of likely N-dealkylation sites (tertiary alicyclic amines) is 1. The second kappa shape index (κ2) is 5.96. The molecule has 1 N–H and O–H groups in total. The van der Waals surface area contributed by atoms with Crippen molar-refractivity contribution in [3.63, 3.8) is 0 Å². The molecule has 4 atom stereocenters. The Morgan fingerprint density at radius 3 is 2.70 bits per heavy atom. The summed E-state index contributed by atoms with van der Waals surface area (Å²) in [5, 5.41) is 3.61. The van der Waals surface area contributed by atoms with Gasteiger partial charge < -0.3 is 5.32 Å². The maximum atomic E-state index is 3.61. The van der Waals surface area contributed by atoms with Crippen molar-refractivity contribution in [3.05, 3.63) is 0 Å². The standard InChI is InChI=1S/C18H34N2/c1-18(2)10-8-16(19-3)15(12-18)13-20-11-9-14-6-4-5-7-17(14)20/h14-17,19H,4-13H2,1-3H3. The third kappa shape index (κ3) is 3.06. The van der Waals surface area contributed by atoms with Gasteiger partial charge in [-0.15, -0.1) is 0 Å². The third-order valence-electron chi connectivity index (χ3n) is 6.48. The molecule has 0 bridgehead atoms. The first-order valence-corrected chi connectivity index (χ1v) is 9.00. The topological polar surface area (TPSA) is 15.3 Å². The van der Waals surface area contributed by atoms with Gasteiger partial charge in [0.2, 0.25) is 0 Å². The monoisotopic (exact) mass is 278 g/mol. The van der Waals surface area contributed by atoms with Crippen molar-refractivity contribution in [2.45, 2.75) is 77.3 Å². The molecule has 0 aromatic carbocycles. The van der Waals surface area contributed by atoms with E-state index >= 15 is 0 Å². The Balaban J connectivity index is 1.63. The van der Waals surface area contributed by atoms with E-state index in [1.54, 1.807) is 0 Å². The lowest BCUT2D eigenvalue weighted by Crippen LogP contribution is -2.48. The van der Waals surface area contributed by atoms with Crippen LogP contribution in [0.2, 0.25) is 0 Å². The lowest BCUT2D eigenvalue weighted by Gasteiger charge is -2.43. The summed E-state index contributed by atoms with van der Waals surface area (Å²) in [6.45, 7) is 7.68. The average molecular weight is 278 g/mol. The highest BCUT2D eigenvalue weighted by Gasteiger charge is 2.40. The summed E-state index contributed by atoms with van der Waals surface area (Å²) < 4.78 is 0. The molecule has 3 aliphatic rings. The van der Waals surface area contributed by atoms with Crippen LogP contribution in [-0.4, -0.2) is 37.1 Å². The maximum absolute atomic E-state index is 3.61. The molecule has 0 aromatic heterocycles. The summed E-state index contributed by atoms with van der Waals surface area (Å²) in [5.41, 5.74) is 0.559. The van der Waals surface area contributed by atoms with E-state index in [-0.39, 0.29) is 0 Å². The Morgan fingerprint density at radius 2 is 1.90 bits per heavy atom. The van der Waals surface area contributed by atoms with Gasteiger partial charge in [0, 0.05) is 18.6 Å². The Kier molecular flexibility index (Phi) is 4.42. The molecule has 2 heteroatoms. The van der Waals surface area contributed by atoms with Gasteiger partial charge in [-0.05, 0) is 69.4 Å². The van der Waals surface area contributed by atoms with Crippen molar-refractivity contribution in [1.82, 2.24) is 10.2 Å². The number of rotatable bonds is 3. The van der Waals surface area contributed by atoms with Crippen LogP contribution in [0.1, 0.15) is 65.2 Å². The second-order valence-electron chi connectivity index (χ2n) is 8.46. The van der Waals surface area contributed by atoms with Gasteiger partial charge in [0.05, 0.1) is 0 Å². The van der Waals surface area contributed by atoms with Gasteiger partial charge in [-0.25, -0.2) is 0 Å². The Bertz CT molecular complexity index is 325. The van der Waals surface area contributed by atoms with Crippen LogP contribution in [0.15, 0.2) is 0 Å². The van der Waals surface area contributed by atoms with Gasteiger partial charge in [0.15, 0.2) is 0 Å². The summed E-state index contributed by atoms with van der Waals surface area (Å²) >= 11 is 0. The van der Waals surface area contributed by atoms with E-state index in [4.69, 9.17) is 0 Å². The summed E-state index contributed by atoms with van der Waals surface area (Å²) in [4.78, 5) is 2.88. The lowest BCUT2D eigenvalue weighted by molar-refractivity contribution is 0.0857. The van der Waals surface area contributed by atoms with Crippen LogP contribution in [0, 0.1) is 17.3 Å². The largest absolute Gasteiger partial charge is 0.317 e. The normalized spacial score (nSPS) is 41.5. The molecule has 4 unspecified atom stereocenters. The van der Waals surface area contributed by atoms with E-state index < -0.39 is 0 Å². The van der Waals surface area contributed by atoms with Crippen LogP contribution in [0.25, 0.3) is 0 Å². The Hall–Kier alpha value is -0.0800. The van der Waals surface area contributed by atoms with Crippen LogP contribution in [0.3, 0.4) is 0 Å². The molecule has 3 fully saturated rings. The predicted molar refractivity (Wildman–Crippen MR) is 85.9 cm³/mol.